The molecule has 3 rings (SSSR count). The van der Waals surface area contributed by atoms with E-state index in [2.05, 4.69) is 54.0 Å². The number of aromatic nitrogens is 3. The Morgan fingerprint density at radius 2 is 2.10 bits per heavy atom. The minimum absolute atomic E-state index is 0.202. The second-order valence-electron chi connectivity index (χ2n) is 5.44. The quantitative estimate of drug-likeness (QED) is 0.798. The molecule has 0 fully saturated rings. The van der Waals surface area contributed by atoms with Gasteiger partial charge in [-0.25, -0.2) is 4.98 Å². The highest BCUT2D eigenvalue weighted by molar-refractivity contribution is 5.76. The second-order valence-corrected chi connectivity index (χ2v) is 5.44. The van der Waals surface area contributed by atoms with Crippen LogP contribution in [0.1, 0.15) is 30.0 Å². The smallest absolute Gasteiger partial charge is 0.123 e. The Labute approximate surface area is 124 Å². The van der Waals surface area contributed by atoms with Gasteiger partial charge in [0.1, 0.15) is 5.82 Å². The lowest BCUT2D eigenvalue weighted by molar-refractivity contribution is 0.540. The number of fused-ring (bicyclic) bond motifs is 1. The van der Waals surface area contributed by atoms with E-state index < -0.39 is 0 Å². The maximum Gasteiger partial charge on any atom is 0.123 e. The highest BCUT2D eigenvalue weighted by atomic mass is 15.1. The van der Waals surface area contributed by atoms with Gasteiger partial charge in [-0.15, -0.1) is 0 Å². The molecule has 0 unspecified atom stereocenters. The van der Waals surface area contributed by atoms with Gasteiger partial charge in [-0.1, -0.05) is 12.1 Å². The Bertz CT molecular complexity index is 746. The summed E-state index contributed by atoms with van der Waals surface area (Å²) in [4.78, 5) is 9.10. The van der Waals surface area contributed by atoms with Crippen LogP contribution in [0.2, 0.25) is 0 Å². The van der Waals surface area contributed by atoms with E-state index in [1.807, 2.05) is 24.4 Å². The van der Waals surface area contributed by atoms with E-state index in [-0.39, 0.29) is 6.04 Å². The lowest BCUT2D eigenvalue weighted by Gasteiger charge is -2.12. The van der Waals surface area contributed by atoms with Crippen LogP contribution in [-0.4, -0.2) is 14.5 Å². The molecule has 108 valence electrons. The van der Waals surface area contributed by atoms with Crippen LogP contribution in [0.3, 0.4) is 0 Å². The number of nitrogens with one attached hydrogen (secondary N) is 1. The van der Waals surface area contributed by atoms with Gasteiger partial charge in [-0.05, 0) is 43.7 Å². The molecule has 0 bridgehead atoms. The SMILES string of the molecule is Cc1ccc2c(c1)nc(CN[C@H](C)c1ccccn1)n2C. The van der Waals surface area contributed by atoms with Crippen molar-refractivity contribution in [3.63, 3.8) is 0 Å². The average molecular weight is 280 g/mol. The first-order chi connectivity index (χ1) is 10.1. The standard InChI is InChI=1S/C17H20N4/c1-12-7-8-16-15(10-12)20-17(21(16)3)11-19-13(2)14-6-4-5-9-18-14/h4-10,13,19H,11H2,1-3H3/t13-/m1/s1. The first kappa shape index (κ1) is 13.8. The lowest BCUT2D eigenvalue weighted by Crippen LogP contribution is -2.20. The summed E-state index contributed by atoms with van der Waals surface area (Å²) >= 11 is 0. The van der Waals surface area contributed by atoms with Crippen molar-refractivity contribution in [2.24, 2.45) is 7.05 Å². The Hall–Kier alpha value is -2.20. The Kier molecular flexibility index (Phi) is 3.71. The maximum atomic E-state index is 4.72. The van der Waals surface area contributed by atoms with Crippen molar-refractivity contribution in [2.45, 2.75) is 26.4 Å². The van der Waals surface area contributed by atoms with E-state index in [1.54, 1.807) is 0 Å². The molecule has 1 N–H and O–H groups in total. The number of nitrogens with zero attached hydrogens (tertiary/aromatic N) is 3. The van der Waals surface area contributed by atoms with E-state index in [1.165, 1.54) is 11.1 Å². The van der Waals surface area contributed by atoms with Crippen molar-refractivity contribution in [3.8, 4) is 0 Å². The molecule has 0 aliphatic carbocycles. The van der Waals surface area contributed by atoms with Crippen LogP contribution in [0.5, 0.6) is 0 Å². The molecule has 0 saturated carbocycles. The molecule has 4 nitrogen and oxygen atoms in total. The zero-order valence-electron chi connectivity index (χ0n) is 12.7. The molecule has 0 saturated heterocycles. The molecule has 1 atom stereocenters. The molecule has 21 heavy (non-hydrogen) atoms. The van der Waals surface area contributed by atoms with E-state index in [0.717, 1.165) is 23.6 Å². The Balaban J connectivity index is 1.78. The minimum atomic E-state index is 0.202. The molecule has 0 radical (unpaired) electrons. The summed E-state index contributed by atoms with van der Waals surface area (Å²) < 4.78 is 2.15. The normalized spacial score (nSPS) is 12.7. The molecule has 0 aliphatic rings. The predicted molar refractivity (Wildman–Crippen MR) is 84.9 cm³/mol. The summed E-state index contributed by atoms with van der Waals surface area (Å²) in [6.45, 7) is 4.94. The Morgan fingerprint density at radius 1 is 1.24 bits per heavy atom. The molecule has 2 heterocycles. The van der Waals surface area contributed by atoms with Crippen LogP contribution < -0.4 is 5.32 Å². The summed E-state index contributed by atoms with van der Waals surface area (Å²) in [6.07, 6.45) is 1.82. The number of rotatable bonds is 4. The van der Waals surface area contributed by atoms with Gasteiger partial charge in [0.2, 0.25) is 0 Å². The third-order valence-electron chi connectivity index (χ3n) is 3.83. The maximum absolute atomic E-state index is 4.72. The van der Waals surface area contributed by atoms with Crippen molar-refractivity contribution in [1.82, 2.24) is 19.9 Å². The second kappa shape index (κ2) is 5.66. The van der Waals surface area contributed by atoms with Gasteiger partial charge in [0.25, 0.3) is 0 Å². The monoisotopic (exact) mass is 280 g/mol. The molecule has 1 aromatic carbocycles. The zero-order valence-corrected chi connectivity index (χ0v) is 12.7. The first-order valence-electron chi connectivity index (χ1n) is 7.21. The molecular formula is C17H20N4. The number of pyridine rings is 1. The van der Waals surface area contributed by atoms with Crippen molar-refractivity contribution in [3.05, 3.63) is 59.7 Å². The highest BCUT2D eigenvalue weighted by Crippen LogP contribution is 2.17. The van der Waals surface area contributed by atoms with Crippen LogP contribution in [0, 0.1) is 6.92 Å². The minimum Gasteiger partial charge on any atom is -0.330 e. The van der Waals surface area contributed by atoms with Gasteiger partial charge in [-0.2, -0.15) is 0 Å². The summed E-state index contributed by atoms with van der Waals surface area (Å²) in [6, 6.07) is 12.6. The first-order valence-corrected chi connectivity index (χ1v) is 7.21. The van der Waals surface area contributed by atoms with Gasteiger partial charge in [0, 0.05) is 19.3 Å². The van der Waals surface area contributed by atoms with E-state index >= 15 is 0 Å². The van der Waals surface area contributed by atoms with Crippen LogP contribution in [0.25, 0.3) is 11.0 Å². The predicted octanol–water partition coefficient (Wildman–Crippen LogP) is 3.13. The average Bonchev–Trinajstić information content (AvgIpc) is 2.81. The largest absolute Gasteiger partial charge is 0.330 e. The van der Waals surface area contributed by atoms with E-state index in [4.69, 9.17) is 4.98 Å². The summed E-state index contributed by atoms with van der Waals surface area (Å²) in [7, 11) is 2.06. The fourth-order valence-electron chi connectivity index (χ4n) is 2.50. The van der Waals surface area contributed by atoms with Crippen LogP contribution in [-0.2, 0) is 13.6 Å². The number of aryl methyl sites for hydroxylation is 2. The summed E-state index contributed by atoms with van der Waals surface area (Å²) in [5.74, 6) is 1.04. The van der Waals surface area contributed by atoms with Gasteiger partial charge >= 0.3 is 0 Å². The van der Waals surface area contributed by atoms with Crippen molar-refractivity contribution >= 4 is 11.0 Å². The van der Waals surface area contributed by atoms with Crippen LogP contribution in [0.15, 0.2) is 42.6 Å². The number of benzene rings is 1. The van der Waals surface area contributed by atoms with Crippen molar-refractivity contribution in [1.29, 1.82) is 0 Å². The van der Waals surface area contributed by atoms with E-state index in [0.29, 0.717) is 0 Å². The van der Waals surface area contributed by atoms with Crippen molar-refractivity contribution < 1.29 is 0 Å². The van der Waals surface area contributed by atoms with Crippen LogP contribution >= 0.6 is 0 Å². The number of hydrogen-bond acceptors (Lipinski definition) is 3. The van der Waals surface area contributed by atoms with Crippen LogP contribution in [0.4, 0.5) is 0 Å². The fraction of sp³-hybridized carbons (Fsp3) is 0.294. The molecule has 2 aromatic heterocycles. The third-order valence-corrected chi connectivity index (χ3v) is 3.83. The number of hydrogen-bond donors (Lipinski definition) is 1. The van der Waals surface area contributed by atoms with Gasteiger partial charge in [0.05, 0.1) is 23.3 Å². The molecular weight excluding hydrogens is 260 g/mol. The Morgan fingerprint density at radius 3 is 2.86 bits per heavy atom. The molecule has 0 aliphatic heterocycles. The highest BCUT2D eigenvalue weighted by Gasteiger charge is 2.10. The summed E-state index contributed by atoms with van der Waals surface area (Å²) in [5, 5.41) is 3.49. The molecule has 0 amide bonds. The van der Waals surface area contributed by atoms with Gasteiger partial charge < -0.3 is 9.88 Å². The molecule has 3 aromatic rings. The summed E-state index contributed by atoms with van der Waals surface area (Å²) in [5.41, 5.74) is 4.51. The van der Waals surface area contributed by atoms with Gasteiger partial charge in [0.15, 0.2) is 0 Å². The van der Waals surface area contributed by atoms with Gasteiger partial charge in [-0.3, -0.25) is 4.98 Å². The zero-order chi connectivity index (χ0) is 14.8. The fourth-order valence-corrected chi connectivity index (χ4v) is 2.50. The third kappa shape index (κ3) is 2.81. The topological polar surface area (TPSA) is 42.7 Å². The molecule has 4 heteroatoms. The van der Waals surface area contributed by atoms with Crippen molar-refractivity contribution in [2.75, 3.05) is 0 Å². The lowest BCUT2D eigenvalue weighted by atomic mass is 10.2. The molecule has 0 spiro atoms. The number of imidazole rings is 1. The van der Waals surface area contributed by atoms with E-state index in [9.17, 15) is 0 Å².